The first-order valence-corrected chi connectivity index (χ1v) is 12.1. The van der Waals surface area contributed by atoms with Gasteiger partial charge < -0.3 is 19.9 Å². The number of likely N-dealkylation sites (tertiary alicyclic amines) is 1. The minimum Gasteiger partial charge on any atom is -0.378 e. The molecule has 1 aromatic rings. The number of hydrogen-bond acceptors (Lipinski definition) is 6. The highest BCUT2D eigenvalue weighted by molar-refractivity contribution is 6.34. The number of benzene rings is 1. The highest BCUT2D eigenvalue weighted by atomic mass is 35.5. The molecule has 0 bridgehead atoms. The molecular formula is C23H32ClN5O4. The van der Waals surface area contributed by atoms with Crippen LogP contribution >= 0.6 is 11.6 Å². The number of piperidine rings is 1. The standard InChI is InChI=1S/C23H32ClN5O4/c24-19-3-2-17(16-20(19)29-12-6-21(30)26-23(29)32)22(31)28-10-4-18(5-11-28)33-15-1-9-27-13-7-25-8-14-27/h2-3,16,18,25H,1,4-15H2,(H,26,30,32). The van der Waals surface area contributed by atoms with E-state index in [1.807, 2.05) is 4.90 Å². The van der Waals surface area contributed by atoms with E-state index in [4.69, 9.17) is 16.3 Å². The second-order valence-electron chi connectivity index (χ2n) is 8.73. The number of hydrogen-bond donors (Lipinski definition) is 2. The molecule has 3 aliphatic rings. The molecule has 10 heteroatoms. The molecular weight excluding hydrogens is 446 g/mol. The lowest BCUT2D eigenvalue weighted by molar-refractivity contribution is -0.120. The van der Waals surface area contributed by atoms with Gasteiger partial charge in [0.25, 0.3) is 5.91 Å². The molecule has 4 rings (SSSR count). The minimum atomic E-state index is -0.521. The van der Waals surface area contributed by atoms with Crippen molar-refractivity contribution < 1.29 is 19.1 Å². The number of carbonyl (C=O) groups excluding carboxylic acids is 3. The maximum Gasteiger partial charge on any atom is 0.328 e. The van der Waals surface area contributed by atoms with E-state index in [1.54, 1.807) is 18.2 Å². The van der Waals surface area contributed by atoms with Crippen LogP contribution in [0.2, 0.25) is 5.02 Å². The Kier molecular flexibility index (Phi) is 8.19. The van der Waals surface area contributed by atoms with Gasteiger partial charge in [0.2, 0.25) is 5.91 Å². The Morgan fingerprint density at radius 2 is 1.85 bits per heavy atom. The lowest BCUT2D eigenvalue weighted by Crippen LogP contribution is -2.49. The van der Waals surface area contributed by atoms with Crippen LogP contribution < -0.4 is 15.5 Å². The lowest BCUT2D eigenvalue weighted by Gasteiger charge is -2.33. The zero-order valence-electron chi connectivity index (χ0n) is 18.9. The molecule has 0 unspecified atom stereocenters. The number of amides is 4. The molecule has 3 aliphatic heterocycles. The van der Waals surface area contributed by atoms with Gasteiger partial charge >= 0.3 is 6.03 Å². The molecule has 0 atom stereocenters. The fraction of sp³-hybridized carbons (Fsp3) is 0.609. The van der Waals surface area contributed by atoms with Crippen LogP contribution in [0, 0.1) is 0 Å². The molecule has 0 radical (unpaired) electrons. The van der Waals surface area contributed by atoms with Crippen LogP contribution in [0.4, 0.5) is 10.5 Å². The maximum atomic E-state index is 13.1. The zero-order chi connectivity index (χ0) is 23.2. The van der Waals surface area contributed by atoms with Crippen LogP contribution in [-0.2, 0) is 9.53 Å². The molecule has 0 spiro atoms. The molecule has 9 nitrogen and oxygen atoms in total. The SMILES string of the molecule is O=C1CCN(c2cc(C(=O)N3CCC(OCCCN4CCNCC4)CC3)ccc2Cl)C(=O)N1. The van der Waals surface area contributed by atoms with Crippen LogP contribution in [-0.4, -0.2) is 92.7 Å². The van der Waals surface area contributed by atoms with Crippen molar-refractivity contribution in [3.05, 3.63) is 28.8 Å². The Balaban J connectivity index is 1.25. The second kappa shape index (κ2) is 11.3. The van der Waals surface area contributed by atoms with Crippen molar-refractivity contribution in [2.75, 3.05) is 63.9 Å². The molecule has 0 aliphatic carbocycles. The van der Waals surface area contributed by atoms with Crippen molar-refractivity contribution in [1.29, 1.82) is 0 Å². The summed E-state index contributed by atoms with van der Waals surface area (Å²) < 4.78 is 6.07. The summed E-state index contributed by atoms with van der Waals surface area (Å²) in [5.41, 5.74) is 0.921. The van der Waals surface area contributed by atoms with Crippen LogP contribution in [0.25, 0.3) is 0 Å². The Morgan fingerprint density at radius 1 is 1.09 bits per heavy atom. The molecule has 3 heterocycles. The smallest absolute Gasteiger partial charge is 0.328 e. The van der Waals surface area contributed by atoms with Gasteiger partial charge in [-0.3, -0.25) is 19.8 Å². The first kappa shape index (κ1) is 23.9. The summed E-state index contributed by atoms with van der Waals surface area (Å²) in [5.74, 6) is -0.396. The molecule has 3 fully saturated rings. The number of ether oxygens (including phenoxy) is 1. The van der Waals surface area contributed by atoms with E-state index in [-0.39, 0.29) is 30.9 Å². The molecule has 1 aromatic carbocycles. The van der Waals surface area contributed by atoms with Gasteiger partial charge in [-0.2, -0.15) is 0 Å². The number of rotatable bonds is 7. The monoisotopic (exact) mass is 477 g/mol. The fourth-order valence-corrected chi connectivity index (χ4v) is 4.75. The third-order valence-corrected chi connectivity index (χ3v) is 6.77. The molecule has 180 valence electrons. The summed E-state index contributed by atoms with van der Waals surface area (Å²) in [7, 11) is 0. The van der Waals surface area contributed by atoms with Crippen molar-refractivity contribution in [2.45, 2.75) is 31.8 Å². The Morgan fingerprint density at radius 3 is 2.58 bits per heavy atom. The largest absolute Gasteiger partial charge is 0.378 e. The third-order valence-electron chi connectivity index (χ3n) is 6.45. The summed E-state index contributed by atoms with van der Waals surface area (Å²) >= 11 is 6.30. The Hall–Kier alpha value is -2.20. The first-order valence-electron chi connectivity index (χ1n) is 11.8. The molecule has 2 N–H and O–H groups in total. The molecule has 3 saturated heterocycles. The molecule has 0 saturated carbocycles. The Labute approximate surface area is 199 Å². The van der Waals surface area contributed by atoms with Crippen molar-refractivity contribution in [2.24, 2.45) is 0 Å². The number of piperazine rings is 1. The number of carbonyl (C=O) groups is 3. The van der Waals surface area contributed by atoms with Gasteiger partial charge in [0.05, 0.1) is 16.8 Å². The fourth-order valence-electron chi connectivity index (χ4n) is 4.53. The normalized spacial score (nSPS) is 20.8. The van der Waals surface area contributed by atoms with Gasteiger partial charge in [-0.15, -0.1) is 0 Å². The van der Waals surface area contributed by atoms with E-state index in [0.717, 1.165) is 58.6 Å². The summed E-state index contributed by atoms with van der Waals surface area (Å²) in [5, 5.41) is 6.01. The summed E-state index contributed by atoms with van der Waals surface area (Å²) in [6, 6.07) is 4.42. The van der Waals surface area contributed by atoms with E-state index in [0.29, 0.717) is 29.4 Å². The van der Waals surface area contributed by atoms with Crippen LogP contribution in [0.15, 0.2) is 18.2 Å². The van der Waals surface area contributed by atoms with Gasteiger partial charge in [0, 0.05) is 70.9 Å². The van der Waals surface area contributed by atoms with E-state index < -0.39 is 6.03 Å². The predicted octanol–water partition coefficient (Wildman–Crippen LogP) is 1.70. The van der Waals surface area contributed by atoms with E-state index in [9.17, 15) is 14.4 Å². The zero-order valence-corrected chi connectivity index (χ0v) is 19.6. The summed E-state index contributed by atoms with van der Waals surface area (Å²) in [6.07, 6.45) is 3.05. The summed E-state index contributed by atoms with van der Waals surface area (Å²) in [6.45, 7) is 7.67. The second-order valence-corrected chi connectivity index (χ2v) is 9.14. The first-order chi connectivity index (χ1) is 16.0. The van der Waals surface area contributed by atoms with Gasteiger partial charge in [0.1, 0.15) is 0 Å². The number of nitrogens with one attached hydrogen (secondary N) is 2. The van der Waals surface area contributed by atoms with E-state index >= 15 is 0 Å². The van der Waals surface area contributed by atoms with Crippen molar-refractivity contribution in [3.63, 3.8) is 0 Å². The average Bonchev–Trinajstić information content (AvgIpc) is 2.83. The van der Waals surface area contributed by atoms with Crippen molar-refractivity contribution in [1.82, 2.24) is 20.4 Å². The van der Waals surface area contributed by atoms with E-state index in [1.165, 1.54) is 4.90 Å². The highest BCUT2D eigenvalue weighted by Crippen LogP contribution is 2.29. The van der Waals surface area contributed by atoms with E-state index in [2.05, 4.69) is 15.5 Å². The van der Waals surface area contributed by atoms with Crippen LogP contribution in [0.5, 0.6) is 0 Å². The topological polar surface area (TPSA) is 94.2 Å². The third kappa shape index (κ3) is 6.23. The van der Waals surface area contributed by atoms with Crippen molar-refractivity contribution >= 4 is 35.1 Å². The number of imide groups is 1. The van der Waals surface area contributed by atoms with Gasteiger partial charge in [-0.05, 0) is 37.5 Å². The van der Waals surface area contributed by atoms with Crippen LogP contribution in [0.3, 0.4) is 0 Å². The van der Waals surface area contributed by atoms with Gasteiger partial charge in [-0.25, -0.2) is 4.79 Å². The molecule has 0 aromatic heterocycles. The van der Waals surface area contributed by atoms with Crippen molar-refractivity contribution in [3.8, 4) is 0 Å². The Bertz CT molecular complexity index is 868. The minimum absolute atomic E-state index is 0.0847. The summed E-state index contributed by atoms with van der Waals surface area (Å²) in [4.78, 5) is 42.4. The number of anilines is 1. The maximum absolute atomic E-state index is 13.1. The predicted molar refractivity (Wildman–Crippen MR) is 126 cm³/mol. The van der Waals surface area contributed by atoms with Gasteiger partial charge in [0.15, 0.2) is 0 Å². The average molecular weight is 478 g/mol. The van der Waals surface area contributed by atoms with Gasteiger partial charge in [-0.1, -0.05) is 11.6 Å². The number of nitrogens with zero attached hydrogens (tertiary/aromatic N) is 3. The number of urea groups is 1. The molecule has 4 amide bonds. The highest BCUT2D eigenvalue weighted by Gasteiger charge is 2.28. The van der Waals surface area contributed by atoms with Crippen LogP contribution in [0.1, 0.15) is 36.0 Å². The number of halogens is 1. The lowest BCUT2D eigenvalue weighted by atomic mass is 10.1. The quantitative estimate of drug-likeness (QED) is 0.580. The molecule has 33 heavy (non-hydrogen) atoms.